The number of hydrogen-bond donors (Lipinski definition) is 1. The van der Waals surface area contributed by atoms with E-state index in [0.29, 0.717) is 26.1 Å². The molecule has 0 bridgehead atoms. The van der Waals surface area contributed by atoms with E-state index in [1.54, 1.807) is 0 Å². The lowest BCUT2D eigenvalue weighted by Crippen LogP contribution is -2.52. The van der Waals surface area contributed by atoms with Crippen molar-refractivity contribution in [3.8, 4) is 0 Å². The average molecular weight is 292 g/mol. The minimum atomic E-state index is -4.29. The second-order valence-corrected chi connectivity index (χ2v) is 5.33. The minimum absolute atomic E-state index is 0.0102. The van der Waals surface area contributed by atoms with Crippen molar-refractivity contribution in [3.63, 3.8) is 0 Å². The fraction of sp³-hybridized carbons (Fsp3) is 0.769. The van der Waals surface area contributed by atoms with E-state index in [0.717, 1.165) is 6.08 Å². The van der Waals surface area contributed by atoms with Gasteiger partial charge in [-0.05, 0) is 19.3 Å². The molecule has 0 aliphatic carbocycles. The molecule has 2 heterocycles. The summed E-state index contributed by atoms with van der Waals surface area (Å²) in [4.78, 5) is 14.0. The molecular formula is C13H19F3N2O2. The maximum Gasteiger partial charge on any atom is 0.412 e. The van der Waals surface area contributed by atoms with Crippen LogP contribution in [-0.2, 0) is 9.53 Å². The van der Waals surface area contributed by atoms with Gasteiger partial charge in [0.25, 0.3) is 0 Å². The van der Waals surface area contributed by atoms with E-state index < -0.39 is 17.2 Å². The maximum absolute atomic E-state index is 12.6. The molecule has 0 radical (unpaired) electrons. The first-order valence-corrected chi connectivity index (χ1v) is 6.72. The smallest absolute Gasteiger partial charge is 0.381 e. The Labute approximate surface area is 115 Å². The SMILES string of the molecule is NCC1(C(=O)N2CC=C(C(F)(F)F)CC2)CCOCC1. The Morgan fingerprint density at radius 3 is 2.50 bits per heavy atom. The van der Waals surface area contributed by atoms with Crippen molar-refractivity contribution in [3.05, 3.63) is 11.6 Å². The Morgan fingerprint density at radius 1 is 1.40 bits per heavy atom. The number of carbonyl (C=O) groups is 1. The van der Waals surface area contributed by atoms with Crippen molar-refractivity contribution in [2.45, 2.75) is 25.4 Å². The van der Waals surface area contributed by atoms with Gasteiger partial charge in [0, 0.05) is 38.4 Å². The monoisotopic (exact) mass is 292 g/mol. The summed E-state index contributed by atoms with van der Waals surface area (Å²) in [6, 6.07) is 0. The molecule has 0 atom stereocenters. The van der Waals surface area contributed by atoms with Gasteiger partial charge in [-0.25, -0.2) is 0 Å². The van der Waals surface area contributed by atoms with Crippen LogP contribution in [-0.4, -0.2) is 49.8 Å². The predicted octanol–water partition coefficient (Wildman–Crippen LogP) is 1.46. The van der Waals surface area contributed by atoms with Crippen LogP contribution in [0.15, 0.2) is 11.6 Å². The first-order valence-electron chi connectivity index (χ1n) is 6.72. The quantitative estimate of drug-likeness (QED) is 0.784. The molecule has 0 unspecified atom stereocenters. The predicted molar refractivity (Wildman–Crippen MR) is 66.9 cm³/mol. The number of carbonyl (C=O) groups excluding carboxylic acids is 1. The molecule has 2 rings (SSSR count). The number of nitrogens with zero attached hydrogens (tertiary/aromatic N) is 1. The highest BCUT2D eigenvalue weighted by molar-refractivity contribution is 5.83. The van der Waals surface area contributed by atoms with Crippen LogP contribution >= 0.6 is 0 Å². The first-order chi connectivity index (χ1) is 9.39. The number of hydrogen-bond acceptors (Lipinski definition) is 3. The van der Waals surface area contributed by atoms with Crippen LogP contribution in [0, 0.1) is 5.41 Å². The van der Waals surface area contributed by atoms with E-state index in [1.165, 1.54) is 4.90 Å². The molecule has 2 N–H and O–H groups in total. The molecule has 0 aromatic heterocycles. The average Bonchev–Trinajstić information content (AvgIpc) is 2.46. The van der Waals surface area contributed by atoms with E-state index in [9.17, 15) is 18.0 Å². The summed E-state index contributed by atoms with van der Waals surface area (Å²) < 4.78 is 42.9. The van der Waals surface area contributed by atoms with E-state index in [4.69, 9.17) is 10.5 Å². The highest BCUT2D eigenvalue weighted by Crippen LogP contribution is 2.34. The van der Waals surface area contributed by atoms with Gasteiger partial charge in [-0.2, -0.15) is 13.2 Å². The zero-order chi connectivity index (χ0) is 14.8. The van der Waals surface area contributed by atoms with Gasteiger partial charge in [-0.15, -0.1) is 0 Å². The maximum atomic E-state index is 12.6. The second-order valence-electron chi connectivity index (χ2n) is 5.33. The molecule has 0 spiro atoms. The van der Waals surface area contributed by atoms with Crippen molar-refractivity contribution in [1.29, 1.82) is 0 Å². The van der Waals surface area contributed by atoms with Gasteiger partial charge in [-0.1, -0.05) is 6.08 Å². The highest BCUT2D eigenvalue weighted by Gasteiger charge is 2.43. The zero-order valence-corrected chi connectivity index (χ0v) is 11.2. The zero-order valence-electron chi connectivity index (χ0n) is 11.2. The van der Waals surface area contributed by atoms with Gasteiger partial charge in [0.2, 0.25) is 5.91 Å². The second kappa shape index (κ2) is 5.73. The lowest BCUT2D eigenvalue weighted by molar-refractivity contribution is -0.147. The molecular weight excluding hydrogens is 273 g/mol. The molecule has 7 heteroatoms. The third-order valence-electron chi connectivity index (χ3n) is 4.15. The first kappa shape index (κ1) is 15.3. The Bertz CT molecular complexity index is 401. The highest BCUT2D eigenvalue weighted by atomic mass is 19.4. The molecule has 1 amide bonds. The van der Waals surface area contributed by atoms with Gasteiger partial charge in [-0.3, -0.25) is 4.79 Å². The normalized spacial score (nSPS) is 23.4. The van der Waals surface area contributed by atoms with Gasteiger partial charge < -0.3 is 15.4 Å². The topological polar surface area (TPSA) is 55.6 Å². The minimum Gasteiger partial charge on any atom is -0.381 e. The van der Waals surface area contributed by atoms with E-state index in [1.807, 2.05) is 0 Å². The van der Waals surface area contributed by atoms with Crippen LogP contribution in [0.3, 0.4) is 0 Å². The summed E-state index contributed by atoms with van der Waals surface area (Å²) in [7, 11) is 0. The largest absolute Gasteiger partial charge is 0.412 e. The Kier molecular flexibility index (Phi) is 4.39. The van der Waals surface area contributed by atoms with Gasteiger partial charge >= 0.3 is 6.18 Å². The van der Waals surface area contributed by atoms with Gasteiger partial charge in [0.15, 0.2) is 0 Å². The van der Waals surface area contributed by atoms with Crippen molar-refractivity contribution >= 4 is 5.91 Å². The molecule has 20 heavy (non-hydrogen) atoms. The van der Waals surface area contributed by atoms with Crippen molar-refractivity contribution < 1.29 is 22.7 Å². The lowest BCUT2D eigenvalue weighted by atomic mass is 9.78. The van der Waals surface area contributed by atoms with Crippen LogP contribution in [0.25, 0.3) is 0 Å². The summed E-state index contributed by atoms with van der Waals surface area (Å²) in [6.07, 6.45) is -2.26. The Hall–Kier alpha value is -1.08. The molecule has 0 aromatic carbocycles. The van der Waals surface area contributed by atoms with Crippen molar-refractivity contribution in [2.24, 2.45) is 11.1 Å². The molecule has 0 saturated carbocycles. The van der Waals surface area contributed by atoms with Crippen LogP contribution in [0.4, 0.5) is 13.2 Å². The molecule has 2 aliphatic heterocycles. The summed E-state index contributed by atoms with van der Waals surface area (Å²) in [6.45, 7) is 1.27. The molecule has 0 aromatic rings. The Morgan fingerprint density at radius 2 is 2.05 bits per heavy atom. The summed E-state index contributed by atoms with van der Waals surface area (Å²) in [5.74, 6) is -0.138. The third-order valence-corrected chi connectivity index (χ3v) is 4.15. The van der Waals surface area contributed by atoms with Crippen LogP contribution in [0.5, 0.6) is 0 Å². The third kappa shape index (κ3) is 2.98. The Balaban J connectivity index is 2.06. The number of amides is 1. The van der Waals surface area contributed by atoms with Gasteiger partial charge in [0.1, 0.15) is 0 Å². The van der Waals surface area contributed by atoms with Crippen molar-refractivity contribution in [2.75, 3.05) is 32.8 Å². The van der Waals surface area contributed by atoms with Crippen LogP contribution < -0.4 is 5.73 Å². The summed E-state index contributed by atoms with van der Waals surface area (Å²) in [5.41, 5.74) is 4.53. The molecule has 1 fully saturated rings. The molecule has 1 saturated heterocycles. The number of ether oxygens (including phenoxy) is 1. The van der Waals surface area contributed by atoms with Crippen molar-refractivity contribution in [1.82, 2.24) is 4.90 Å². The molecule has 114 valence electrons. The number of rotatable bonds is 2. The number of alkyl halides is 3. The fourth-order valence-electron chi connectivity index (χ4n) is 2.71. The number of nitrogens with two attached hydrogens (primary N) is 1. The van der Waals surface area contributed by atoms with Crippen LogP contribution in [0.1, 0.15) is 19.3 Å². The lowest BCUT2D eigenvalue weighted by Gasteiger charge is -2.39. The van der Waals surface area contributed by atoms with Gasteiger partial charge in [0.05, 0.1) is 5.41 Å². The molecule has 4 nitrogen and oxygen atoms in total. The number of halogens is 3. The summed E-state index contributed by atoms with van der Waals surface area (Å²) >= 11 is 0. The molecule has 2 aliphatic rings. The van der Waals surface area contributed by atoms with E-state index >= 15 is 0 Å². The fourth-order valence-corrected chi connectivity index (χ4v) is 2.71. The standard InChI is InChI=1S/C13H19F3N2O2/c14-13(15,16)10-1-5-18(6-2-10)11(19)12(9-17)3-7-20-8-4-12/h1H,2-9,17H2. The summed E-state index contributed by atoms with van der Waals surface area (Å²) in [5, 5.41) is 0. The van der Waals surface area contributed by atoms with Crippen LogP contribution in [0.2, 0.25) is 0 Å². The van der Waals surface area contributed by atoms with E-state index in [2.05, 4.69) is 0 Å². The van der Waals surface area contributed by atoms with E-state index in [-0.39, 0.29) is 32.0 Å².